The van der Waals surface area contributed by atoms with E-state index in [0.29, 0.717) is 0 Å². The summed E-state index contributed by atoms with van der Waals surface area (Å²) in [6, 6.07) is 10.2. The quantitative estimate of drug-likeness (QED) is 0.802. The second-order valence-corrected chi connectivity index (χ2v) is 4.08. The van der Waals surface area contributed by atoms with E-state index < -0.39 is 0 Å². The highest BCUT2D eigenvalue weighted by Gasteiger charge is 2.01. The lowest BCUT2D eigenvalue weighted by Crippen LogP contribution is -2.03. The summed E-state index contributed by atoms with van der Waals surface area (Å²) in [5.41, 5.74) is 2.43. The monoisotopic (exact) mass is 250 g/mol. The first-order chi connectivity index (χ1) is 6.77. The fraction of sp³-hybridized carbons (Fsp3) is 0.182. The van der Waals surface area contributed by atoms with Crippen molar-refractivity contribution in [1.29, 1.82) is 0 Å². The molecular weight excluding hydrogens is 240 g/mol. The fourth-order valence-corrected chi connectivity index (χ4v) is 1.76. The number of aryl methyl sites for hydroxylation is 1. The van der Waals surface area contributed by atoms with Gasteiger partial charge in [0.1, 0.15) is 0 Å². The van der Waals surface area contributed by atoms with Crippen molar-refractivity contribution in [3.8, 4) is 0 Å². The second-order valence-electron chi connectivity index (χ2n) is 3.22. The number of nitrogens with zero attached hydrogens (tertiary/aromatic N) is 2. The molecular formula is C11H11BrN2. The van der Waals surface area contributed by atoms with Gasteiger partial charge in [-0.2, -0.15) is 5.10 Å². The van der Waals surface area contributed by atoms with Gasteiger partial charge in [-0.25, -0.2) is 0 Å². The van der Waals surface area contributed by atoms with E-state index in [-0.39, 0.29) is 0 Å². The lowest BCUT2D eigenvalue weighted by molar-refractivity contribution is 0.663. The zero-order chi connectivity index (χ0) is 9.97. The molecule has 0 amide bonds. The van der Waals surface area contributed by atoms with Gasteiger partial charge in [0.15, 0.2) is 0 Å². The van der Waals surface area contributed by atoms with Gasteiger partial charge in [0.05, 0.1) is 6.54 Å². The SMILES string of the molecule is Cc1ccnn1Cc1ccccc1Br. The van der Waals surface area contributed by atoms with Crippen molar-refractivity contribution in [2.45, 2.75) is 13.5 Å². The van der Waals surface area contributed by atoms with Crippen LogP contribution in [0.3, 0.4) is 0 Å². The molecule has 0 fully saturated rings. The smallest absolute Gasteiger partial charge is 0.0673 e. The Hall–Kier alpha value is -1.09. The number of hydrogen-bond acceptors (Lipinski definition) is 1. The Morgan fingerprint density at radius 2 is 2.07 bits per heavy atom. The van der Waals surface area contributed by atoms with Crippen LogP contribution in [-0.4, -0.2) is 9.78 Å². The summed E-state index contributed by atoms with van der Waals surface area (Å²) in [7, 11) is 0. The van der Waals surface area contributed by atoms with Gasteiger partial charge in [-0.15, -0.1) is 0 Å². The van der Waals surface area contributed by atoms with Crippen LogP contribution in [0.4, 0.5) is 0 Å². The fourth-order valence-electron chi connectivity index (χ4n) is 1.35. The molecule has 0 saturated heterocycles. The molecule has 1 aromatic carbocycles. The zero-order valence-electron chi connectivity index (χ0n) is 7.94. The van der Waals surface area contributed by atoms with E-state index in [1.807, 2.05) is 35.1 Å². The van der Waals surface area contributed by atoms with Crippen LogP contribution in [-0.2, 0) is 6.54 Å². The number of benzene rings is 1. The van der Waals surface area contributed by atoms with Crippen molar-refractivity contribution in [1.82, 2.24) is 9.78 Å². The molecule has 2 nitrogen and oxygen atoms in total. The first-order valence-electron chi connectivity index (χ1n) is 4.49. The van der Waals surface area contributed by atoms with Gasteiger partial charge < -0.3 is 0 Å². The van der Waals surface area contributed by atoms with Gasteiger partial charge >= 0.3 is 0 Å². The third-order valence-corrected chi connectivity index (χ3v) is 2.98. The first-order valence-corrected chi connectivity index (χ1v) is 5.28. The number of aromatic nitrogens is 2. The lowest BCUT2D eigenvalue weighted by atomic mass is 10.2. The maximum Gasteiger partial charge on any atom is 0.0673 e. The molecule has 0 aliphatic heterocycles. The minimum Gasteiger partial charge on any atom is -0.265 e. The van der Waals surface area contributed by atoms with E-state index in [1.165, 1.54) is 11.3 Å². The van der Waals surface area contributed by atoms with Crippen LogP contribution < -0.4 is 0 Å². The standard InChI is InChI=1S/C11H11BrN2/c1-9-6-7-13-14(9)8-10-4-2-3-5-11(10)12/h2-7H,8H2,1H3. The maximum absolute atomic E-state index is 4.25. The molecule has 0 atom stereocenters. The Balaban J connectivity index is 2.28. The predicted molar refractivity (Wildman–Crippen MR) is 60.2 cm³/mol. The largest absolute Gasteiger partial charge is 0.265 e. The highest BCUT2D eigenvalue weighted by molar-refractivity contribution is 9.10. The van der Waals surface area contributed by atoms with E-state index in [0.717, 1.165) is 11.0 Å². The molecule has 0 aliphatic rings. The summed E-state index contributed by atoms with van der Waals surface area (Å²) < 4.78 is 3.12. The van der Waals surface area contributed by atoms with Crippen LogP contribution >= 0.6 is 15.9 Å². The number of rotatable bonds is 2. The Morgan fingerprint density at radius 3 is 2.71 bits per heavy atom. The van der Waals surface area contributed by atoms with Gasteiger partial charge in [-0.05, 0) is 24.6 Å². The van der Waals surface area contributed by atoms with Gasteiger partial charge in [0, 0.05) is 16.4 Å². The maximum atomic E-state index is 4.25. The third-order valence-electron chi connectivity index (χ3n) is 2.21. The normalized spacial score (nSPS) is 10.4. The average molecular weight is 251 g/mol. The van der Waals surface area contributed by atoms with Crippen molar-refractivity contribution in [2.24, 2.45) is 0 Å². The van der Waals surface area contributed by atoms with E-state index in [9.17, 15) is 0 Å². The summed E-state index contributed by atoms with van der Waals surface area (Å²) >= 11 is 3.53. The molecule has 0 unspecified atom stereocenters. The molecule has 0 spiro atoms. The molecule has 2 aromatic rings. The minimum atomic E-state index is 0.820. The molecule has 2 rings (SSSR count). The third kappa shape index (κ3) is 1.87. The Morgan fingerprint density at radius 1 is 1.29 bits per heavy atom. The Kier molecular flexibility index (Phi) is 2.68. The molecule has 0 radical (unpaired) electrons. The zero-order valence-corrected chi connectivity index (χ0v) is 9.53. The molecule has 1 aromatic heterocycles. The number of halogens is 1. The highest BCUT2D eigenvalue weighted by Crippen LogP contribution is 2.17. The van der Waals surface area contributed by atoms with E-state index in [4.69, 9.17) is 0 Å². The van der Waals surface area contributed by atoms with Crippen LogP contribution in [0.5, 0.6) is 0 Å². The van der Waals surface area contributed by atoms with Gasteiger partial charge in [0.25, 0.3) is 0 Å². The topological polar surface area (TPSA) is 17.8 Å². The minimum absolute atomic E-state index is 0.820. The molecule has 1 heterocycles. The van der Waals surface area contributed by atoms with Crippen LogP contribution in [0.15, 0.2) is 41.0 Å². The summed E-state index contributed by atoms with van der Waals surface area (Å²) in [5.74, 6) is 0. The molecule has 0 bridgehead atoms. The summed E-state index contributed by atoms with van der Waals surface area (Å²) in [6.07, 6.45) is 1.83. The highest BCUT2D eigenvalue weighted by atomic mass is 79.9. The molecule has 72 valence electrons. The molecule has 0 aliphatic carbocycles. The van der Waals surface area contributed by atoms with Crippen molar-refractivity contribution in [3.63, 3.8) is 0 Å². The van der Waals surface area contributed by atoms with Crippen LogP contribution in [0.1, 0.15) is 11.3 Å². The van der Waals surface area contributed by atoms with Crippen LogP contribution in [0, 0.1) is 6.92 Å². The average Bonchev–Trinajstić information content (AvgIpc) is 2.56. The van der Waals surface area contributed by atoms with Crippen molar-refractivity contribution in [2.75, 3.05) is 0 Å². The van der Waals surface area contributed by atoms with Crippen molar-refractivity contribution >= 4 is 15.9 Å². The first kappa shape index (κ1) is 9.46. The van der Waals surface area contributed by atoms with Gasteiger partial charge in [-0.3, -0.25) is 4.68 Å². The van der Waals surface area contributed by atoms with E-state index in [1.54, 1.807) is 0 Å². The van der Waals surface area contributed by atoms with Crippen molar-refractivity contribution < 1.29 is 0 Å². The predicted octanol–water partition coefficient (Wildman–Crippen LogP) is 3.00. The Labute approximate surface area is 91.7 Å². The molecule has 0 saturated carbocycles. The lowest BCUT2D eigenvalue weighted by Gasteiger charge is -2.06. The summed E-state index contributed by atoms with van der Waals surface area (Å²) in [4.78, 5) is 0. The van der Waals surface area contributed by atoms with Gasteiger partial charge in [0.2, 0.25) is 0 Å². The number of hydrogen-bond donors (Lipinski definition) is 0. The Bertz CT molecular complexity index is 434. The summed E-state index contributed by atoms with van der Waals surface area (Å²) in [5, 5.41) is 4.25. The molecule has 0 N–H and O–H groups in total. The second kappa shape index (κ2) is 3.96. The van der Waals surface area contributed by atoms with Crippen molar-refractivity contribution in [3.05, 3.63) is 52.3 Å². The van der Waals surface area contributed by atoms with Crippen LogP contribution in [0.25, 0.3) is 0 Å². The molecule has 14 heavy (non-hydrogen) atoms. The van der Waals surface area contributed by atoms with E-state index in [2.05, 4.69) is 34.0 Å². The van der Waals surface area contributed by atoms with Gasteiger partial charge in [-0.1, -0.05) is 34.1 Å². The van der Waals surface area contributed by atoms with Crippen LogP contribution in [0.2, 0.25) is 0 Å². The van der Waals surface area contributed by atoms with E-state index >= 15 is 0 Å². The summed E-state index contributed by atoms with van der Waals surface area (Å²) in [6.45, 7) is 2.88. The molecule has 3 heteroatoms.